The third-order valence-corrected chi connectivity index (χ3v) is 3.37. The smallest absolute Gasteiger partial charge is 0.257 e. The summed E-state index contributed by atoms with van der Waals surface area (Å²) >= 11 is 3.34. The first-order valence-electron chi connectivity index (χ1n) is 7.07. The number of carbonyl (C=O) groups excluding carboxylic acids is 1. The molecule has 0 unspecified atom stereocenters. The molecule has 0 saturated carbocycles. The Morgan fingerprint density at radius 3 is 2.36 bits per heavy atom. The van der Waals surface area contributed by atoms with Gasteiger partial charge in [-0.15, -0.1) is 0 Å². The molecule has 2 aromatic carbocycles. The molecule has 0 bridgehead atoms. The maximum absolute atomic E-state index is 11.6. The molecule has 5 heteroatoms. The van der Waals surface area contributed by atoms with Crippen molar-refractivity contribution >= 4 is 21.8 Å². The van der Waals surface area contributed by atoms with Crippen LogP contribution in [0.2, 0.25) is 0 Å². The number of carbonyl (C=O) groups is 1. The molecule has 0 spiro atoms. The summed E-state index contributed by atoms with van der Waals surface area (Å²) in [6.45, 7) is 1.15. The van der Waals surface area contributed by atoms with Crippen molar-refractivity contribution in [2.45, 2.75) is 6.42 Å². The first-order valence-corrected chi connectivity index (χ1v) is 7.86. The van der Waals surface area contributed by atoms with Crippen molar-refractivity contribution in [2.24, 2.45) is 0 Å². The van der Waals surface area contributed by atoms with Crippen LogP contribution in [0.15, 0.2) is 59.1 Å². The SMILES string of the molecule is O=C(COc1ccc(Br)cc1)NCCCOc1ccccc1. The van der Waals surface area contributed by atoms with E-state index in [1.807, 2.05) is 54.6 Å². The van der Waals surface area contributed by atoms with Gasteiger partial charge in [-0.05, 0) is 42.8 Å². The number of rotatable bonds is 8. The highest BCUT2D eigenvalue weighted by Crippen LogP contribution is 2.15. The summed E-state index contributed by atoms with van der Waals surface area (Å²) in [5.41, 5.74) is 0. The minimum atomic E-state index is -0.136. The molecule has 116 valence electrons. The van der Waals surface area contributed by atoms with Gasteiger partial charge in [-0.2, -0.15) is 0 Å². The molecule has 0 aliphatic rings. The van der Waals surface area contributed by atoms with Gasteiger partial charge in [-0.3, -0.25) is 4.79 Å². The number of nitrogens with one attached hydrogen (secondary N) is 1. The van der Waals surface area contributed by atoms with Crippen LogP contribution in [0.1, 0.15) is 6.42 Å². The van der Waals surface area contributed by atoms with E-state index in [2.05, 4.69) is 21.2 Å². The van der Waals surface area contributed by atoms with Gasteiger partial charge in [0.15, 0.2) is 6.61 Å². The number of halogens is 1. The van der Waals surface area contributed by atoms with Gasteiger partial charge in [-0.1, -0.05) is 34.1 Å². The highest BCUT2D eigenvalue weighted by atomic mass is 79.9. The topological polar surface area (TPSA) is 47.6 Å². The summed E-state index contributed by atoms with van der Waals surface area (Å²) < 4.78 is 11.9. The second-order valence-electron chi connectivity index (χ2n) is 4.61. The van der Waals surface area contributed by atoms with E-state index in [0.29, 0.717) is 18.9 Å². The molecule has 0 fully saturated rings. The van der Waals surface area contributed by atoms with E-state index >= 15 is 0 Å². The maximum Gasteiger partial charge on any atom is 0.257 e. The number of para-hydroxylation sites is 1. The molecule has 0 saturated heterocycles. The first kappa shape index (κ1) is 16.4. The fourth-order valence-electron chi connectivity index (χ4n) is 1.74. The van der Waals surface area contributed by atoms with Crippen molar-refractivity contribution in [3.63, 3.8) is 0 Å². The van der Waals surface area contributed by atoms with Crippen LogP contribution in [0.3, 0.4) is 0 Å². The summed E-state index contributed by atoms with van der Waals surface area (Å²) in [5, 5.41) is 2.80. The van der Waals surface area contributed by atoms with Crippen molar-refractivity contribution in [1.29, 1.82) is 0 Å². The molecule has 22 heavy (non-hydrogen) atoms. The van der Waals surface area contributed by atoms with Gasteiger partial charge < -0.3 is 14.8 Å². The Bertz CT molecular complexity index is 572. The minimum absolute atomic E-state index is 0.0151. The largest absolute Gasteiger partial charge is 0.494 e. The van der Waals surface area contributed by atoms with E-state index in [9.17, 15) is 4.79 Å². The third kappa shape index (κ3) is 6.18. The summed E-state index contributed by atoms with van der Waals surface area (Å²) in [6, 6.07) is 17.0. The molecule has 1 N–H and O–H groups in total. The van der Waals surface area contributed by atoms with Crippen LogP contribution in [-0.4, -0.2) is 25.7 Å². The van der Waals surface area contributed by atoms with E-state index in [1.54, 1.807) is 0 Å². The molecule has 0 radical (unpaired) electrons. The fraction of sp³-hybridized carbons (Fsp3) is 0.235. The Hall–Kier alpha value is -2.01. The summed E-state index contributed by atoms with van der Waals surface area (Å²) in [5.74, 6) is 1.38. The second-order valence-corrected chi connectivity index (χ2v) is 5.52. The second kappa shape index (κ2) is 9.10. The van der Waals surface area contributed by atoms with Crippen LogP contribution in [-0.2, 0) is 4.79 Å². The molecule has 2 rings (SSSR count). The average Bonchev–Trinajstić information content (AvgIpc) is 2.55. The Morgan fingerprint density at radius 1 is 0.955 bits per heavy atom. The molecule has 0 aromatic heterocycles. The van der Waals surface area contributed by atoms with Crippen molar-refractivity contribution in [2.75, 3.05) is 19.8 Å². The summed E-state index contributed by atoms with van der Waals surface area (Å²) in [6.07, 6.45) is 0.749. The fourth-order valence-corrected chi connectivity index (χ4v) is 2.00. The Labute approximate surface area is 138 Å². The van der Waals surface area contributed by atoms with E-state index in [0.717, 1.165) is 16.6 Å². The van der Waals surface area contributed by atoms with E-state index in [1.165, 1.54) is 0 Å². The van der Waals surface area contributed by atoms with Crippen LogP contribution in [0.4, 0.5) is 0 Å². The Kier molecular flexibility index (Phi) is 6.77. The van der Waals surface area contributed by atoms with Gasteiger partial charge in [0.1, 0.15) is 11.5 Å². The molecule has 1 amide bonds. The van der Waals surface area contributed by atoms with Crippen LogP contribution in [0, 0.1) is 0 Å². The highest BCUT2D eigenvalue weighted by molar-refractivity contribution is 9.10. The molecule has 0 aliphatic carbocycles. The zero-order chi connectivity index (χ0) is 15.6. The molecule has 2 aromatic rings. The van der Waals surface area contributed by atoms with Crippen molar-refractivity contribution in [1.82, 2.24) is 5.32 Å². The minimum Gasteiger partial charge on any atom is -0.494 e. The summed E-state index contributed by atoms with van der Waals surface area (Å²) in [7, 11) is 0. The lowest BCUT2D eigenvalue weighted by Crippen LogP contribution is -2.30. The van der Waals surface area contributed by atoms with Gasteiger partial charge in [-0.25, -0.2) is 0 Å². The predicted molar refractivity (Wildman–Crippen MR) is 89.2 cm³/mol. The highest BCUT2D eigenvalue weighted by Gasteiger charge is 2.02. The van der Waals surface area contributed by atoms with Gasteiger partial charge in [0.2, 0.25) is 0 Å². The lowest BCUT2D eigenvalue weighted by atomic mass is 10.3. The lowest BCUT2D eigenvalue weighted by molar-refractivity contribution is -0.123. The average molecular weight is 364 g/mol. The van der Waals surface area contributed by atoms with Crippen LogP contribution >= 0.6 is 15.9 Å². The van der Waals surface area contributed by atoms with E-state index in [4.69, 9.17) is 9.47 Å². The third-order valence-electron chi connectivity index (χ3n) is 2.84. The molecule has 0 atom stereocenters. The van der Waals surface area contributed by atoms with Gasteiger partial charge in [0.25, 0.3) is 5.91 Å². The van der Waals surface area contributed by atoms with E-state index < -0.39 is 0 Å². The molecular formula is C17H18BrNO3. The monoisotopic (exact) mass is 363 g/mol. The molecular weight excluding hydrogens is 346 g/mol. The maximum atomic E-state index is 11.6. The Balaban J connectivity index is 1.55. The van der Waals surface area contributed by atoms with Gasteiger partial charge in [0, 0.05) is 11.0 Å². The van der Waals surface area contributed by atoms with Crippen molar-refractivity contribution < 1.29 is 14.3 Å². The summed E-state index contributed by atoms with van der Waals surface area (Å²) in [4.78, 5) is 11.6. The number of hydrogen-bond donors (Lipinski definition) is 1. The zero-order valence-electron chi connectivity index (χ0n) is 12.1. The number of ether oxygens (including phenoxy) is 2. The lowest BCUT2D eigenvalue weighted by Gasteiger charge is -2.08. The number of benzene rings is 2. The van der Waals surface area contributed by atoms with Crippen molar-refractivity contribution in [3.8, 4) is 11.5 Å². The zero-order valence-corrected chi connectivity index (χ0v) is 13.7. The van der Waals surface area contributed by atoms with Crippen LogP contribution in [0.25, 0.3) is 0 Å². The first-order chi connectivity index (χ1) is 10.7. The standard InChI is InChI=1S/C17H18BrNO3/c18-14-7-9-16(10-8-14)22-13-17(20)19-11-4-12-21-15-5-2-1-3-6-15/h1-3,5-10H,4,11-13H2,(H,19,20). The van der Waals surface area contributed by atoms with Crippen molar-refractivity contribution in [3.05, 3.63) is 59.1 Å². The number of amides is 1. The van der Waals surface area contributed by atoms with Crippen LogP contribution in [0.5, 0.6) is 11.5 Å². The van der Waals surface area contributed by atoms with Gasteiger partial charge in [0.05, 0.1) is 6.61 Å². The quantitative estimate of drug-likeness (QED) is 0.731. The molecule has 0 aliphatic heterocycles. The molecule has 4 nitrogen and oxygen atoms in total. The van der Waals surface area contributed by atoms with Gasteiger partial charge >= 0.3 is 0 Å². The number of hydrogen-bond acceptors (Lipinski definition) is 3. The van der Waals surface area contributed by atoms with E-state index in [-0.39, 0.29) is 12.5 Å². The van der Waals surface area contributed by atoms with Crippen LogP contribution < -0.4 is 14.8 Å². The molecule has 0 heterocycles. The Morgan fingerprint density at radius 2 is 1.64 bits per heavy atom. The normalized spacial score (nSPS) is 10.0. The predicted octanol–water partition coefficient (Wildman–Crippen LogP) is 3.41.